The van der Waals surface area contributed by atoms with Gasteiger partial charge in [0.15, 0.2) is 5.82 Å². The molecule has 3 rings (SSSR count). The van der Waals surface area contributed by atoms with Gasteiger partial charge < -0.3 is 5.73 Å². The van der Waals surface area contributed by atoms with Gasteiger partial charge in [-0.3, -0.25) is 0 Å². The summed E-state index contributed by atoms with van der Waals surface area (Å²) in [5.74, 6) is 1.03. The second-order valence-electron chi connectivity index (χ2n) is 3.55. The van der Waals surface area contributed by atoms with Crippen LogP contribution < -0.4 is 5.73 Å². The summed E-state index contributed by atoms with van der Waals surface area (Å²) in [6.07, 6.45) is 3.20. The summed E-state index contributed by atoms with van der Waals surface area (Å²) in [6.45, 7) is 0. The van der Waals surface area contributed by atoms with Crippen LogP contribution in [0.2, 0.25) is 5.02 Å². The van der Waals surface area contributed by atoms with E-state index in [1.165, 1.54) is 4.52 Å². The number of hydrogen-bond acceptors (Lipinski definition) is 4. The van der Waals surface area contributed by atoms with Crippen LogP contribution in [-0.2, 0) is 0 Å². The van der Waals surface area contributed by atoms with Crippen LogP contribution in [-0.4, -0.2) is 19.6 Å². The number of aromatic nitrogens is 4. The molecular weight excluding hydrogens is 238 g/mol. The Bertz CT molecular complexity index is 691. The van der Waals surface area contributed by atoms with E-state index in [1.807, 2.05) is 18.2 Å². The lowest BCUT2D eigenvalue weighted by atomic mass is 10.2. The smallest absolute Gasteiger partial charge is 0.252 e. The Morgan fingerprint density at radius 3 is 2.88 bits per heavy atom. The number of hydrogen-bond donors (Lipinski definition) is 1. The van der Waals surface area contributed by atoms with Gasteiger partial charge in [0.1, 0.15) is 0 Å². The van der Waals surface area contributed by atoms with E-state index in [-0.39, 0.29) is 0 Å². The van der Waals surface area contributed by atoms with Crippen molar-refractivity contribution in [3.8, 4) is 11.4 Å². The first-order valence-electron chi connectivity index (χ1n) is 4.97. The Morgan fingerprint density at radius 2 is 2.06 bits per heavy atom. The van der Waals surface area contributed by atoms with Crippen molar-refractivity contribution >= 4 is 23.1 Å². The van der Waals surface area contributed by atoms with E-state index in [0.29, 0.717) is 22.3 Å². The Labute approximate surface area is 102 Å². The average molecular weight is 246 g/mol. The maximum atomic E-state index is 6.08. The summed E-state index contributed by atoms with van der Waals surface area (Å²) in [5, 5.41) is 4.89. The number of rotatable bonds is 1. The molecular formula is C11H8ClN5. The van der Waals surface area contributed by atoms with Gasteiger partial charge in [-0.2, -0.15) is 4.98 Å². The minimum atomic E-state index is 0.495. The van der Waals surface area contributed by atoms with E-state index in [0.717, 1.165) is 5.56 Å². The lowest BCUT2D eigenvalue weighted by Crippen LogP contribution is -1.94. The molecule has 0 aliphatic heterocycles. The number of nitrogens with zero attached hydrogens (tertiary/aromatic N) is 4. The summed E-state index contributed by atoms with van der Waals surface area (Å²) < 4.78 is 1.54. The van der Waals surface area contributed by atoms with Crippen LogP contribution in [0.25, 0.3) is 17.2 Å². The molecule has 84 valence electrons. The molecule has 0 aliphatic carbocycles. The molecule has 3 aromatic rings. The van der Waals surface area contributed by atoms with E-state index < -0.39 is 0 Å². The van der Waals surface area contributed by atoms with Crippen LogP contribution in [0.1, 0.15) is 0 Å². The van der Waals surface area contributed by atoms with Crippen molar-refractivity contribution in [2.45, 2.75) is 0 Å². The van der Waals surface area contributed by atoms with Crippen LogP contribution in [0.4, 0.5) is 5.69 Å². The molecule has 17 heavy (non-hydrogen) atoms. The first-order chi connectivity index (χ1) is 8.24. The van der Waals surface area contributed by atoms with Gasteiger partial charge in [-0.25, -0.2) is 9.50 Å². The molecule has 0 saturated heterocycles. The highest BCUT2D eigenvalue weighted by atomic mass is 35.5. The van der Waals surface area contributed by atoms with Crippen molar-refractivity contribution in [2.75, 3.05) is 5.73 Å². The van der Waals surface area contributed by atoms with Gasteiger partial charge in [-0.15, -0.1) is 5.10 Å². The molecule has 2 heterocycles. The fourth-order valence-electron chi connectivity index (χ4n) is 1.55. The molecule has 0 aliphatic rings. The van der Waals surface area contributed by atoms with E-state index in [9.17, 15) is 0 Å². The van der Waals surface area contributed by atoms with Crippen LogP contribution in [0, 0.1) is 0 Å². The third-order valence-corrected chi connectivity index (χ3v) is 2.66. The molecule has 0 amide bonds. The molecule has 0 atom stereocenters. The van der Waals surface area contributed by atoms with Crippen molar-refractivity contribution in [3.63, 3.8) is 0 Å². The van der Waals surface area contributed by atoms with E-state index in [1.54, 1.807) is 18.5 Å². The minimum Gasteiger partial charge on any atom is -0.396 e. The predicted molar refractivity (Wildman–Crippen MR) is 65.6 cm³/mol. The molecule has 1 aromatic carbocycles. The number of fused-ring (bicyclic) bond motifs is 1. The normalized spacial score (nSPS) is 10.9. The Balaban J connectivity index is 2.22. The SMILES string of the molecule is Nc1cnc2nc(-c3ccccc3Cl)nn2c1. The molecule has 6 heteroatoms. The second kappa shape index (κ2) is 3.71. The predicted octanol–water partition coefficient (Wildman–Crippen LogP) is 2.03. The quantitative estimate of drug-likeness (QED) is 0.712. The highest BCUT2D eigenvalue weighted by Crippen LogP contribution is 2.24. The molecule has 0 spiro atoms. The summed E-state index contributed by atoms with van der Waals surface area (Å²) in [4.78, 5) is 8.36. The minimum absolute atomic E-state index is 0.495. The standard InChI is InChI=1S/C11H8ClN5/c12-9-4-2-1-3-8(9)10-15-11-14-5-7(13)6-17(11)16-10/h1-6H,13H2. The topological polar surface area (TPSA) is 69.1 Å². The first kappa shape index (κ1) is 10.0. The maximum absolute atomic E-state index is 6.08. The number of anilines is 1. The van der Waals surface area contributed by atoms with Crippen LogP contribution in [0.5, 0.6) is 0 Å². The van der Waals surface area contributed by atoms with Gasteiger partial charge in [-0.1, -0.05) is 23.7 Å². The van der Waals surface area contributed by atoms with Crippen LogP contribution in [0.3, 0.4) is 0 Å². The van der Waals surface area contributed by atoms with Gasteiger partial charge in [0.05, 0.1) is 23.1 Å². The molecule has 0 saturated carbocycles. The van der Waals surface area contributed by atoms with E-state index in [4.69, 9.17) is 17.3 Å². The highest BCUT2D eigenvalue weighted by molar-refractivity contribution is 6.33. The fraction of sp³-hybridized carbons (Fsp3) is 0. The van der Waals surface area contributed by atoms with Crippen molar-refractivity contribution in [1.82, 2.24) is 19.6 Å². The molecule has 2 N–H and O–H groups in total. The fourth-order valence-corrected chi connectivity index (χ4v) is 1.77. The third kappa shape index (κ3) is 1.70. The monoisotopic (exact) mass is 245 g/mol. The number of nitrogens with two attached hydrogens (primary N) is 1. The van der Waals surface area contributed by atoms with Crippen molar-refractivity contribution in [1.29, 1.82) is 0 Å². The second-order valence-corrected chi connectivity index (χ2v) is 3.95. The van der Waals surface area contributed by atoms with Gasteiger partial charge in [0.2, 0.25) is 0 Å². The van der Waals surface area contributed by atoms with Crippen LogP contribution in [0.15, 0.2) is 36.7 Å². The number of halogens is 1. The Morgan fingerprint density at radius 1 is 1.24 bits per heavy atom. The summed E-state index contributed by atoms with van der Waals surface area (Å²) in [6, 6.07) is 7.40. The van der Waals surface area contributed by atoms with Crippen LogP contribution >= 0.6 is 11.6 Å². The lowest BCUT2D eigenvalue weighted by molar-refractivity contribution is 0.945. The van der Waals surface area contributed by atoms with E-state index >= 15 is 0 Å². The number of nitrogen functional groups attached to an aromatic ring is 1. The average Bonchev–Trinajstić information content (AvgIpc) is 2.72. The lowest BCUT2D eigenvalue weighted by Gasteiger charge is -1.96. The largest absolute Gasteiger partial charge is 0.396 e. The van der Waals surface area contributed by atoms with Crippen molar-refractivity contribution < 1.29 is 0 Å². The zero-order valence-corrected chi connectivity index (χ0v) is 9.46. The van der Waals surface area contributed by atoms with Gasteiger partial charge in [-0.05, 0) is 12.1 Å². The van der Waals surface area contributed by atoms with E-state index in [2.05, 4.69) is 15.1 Å². The Kier molecular flexibility index (Phi) is 2.19. The Hall–Kier alpha value is -2.14. The summed E-state index contributed by atoms with van der Waals surface area (Å²) >= 11 is 6.08. The molecule has 0 radical (unpaired) electrons. The van der Waals surface area contributed by atoms with Gasteiger partial charge >= 0.3 is 0 Å². The molecule has 2 aromatic heterocycles. The maximum Gasteiger partial charge on any atom is 0.252 e. The first-order valence-corrected chi connectivity index (χ1v) is 5.34. The van der Waals surface area contributed by atoms with Gasteiger partial charge in [0, 0.05) is 5.56 Å². The molecule has 0 unspecified atom stereocenters. The van der Waals surface area contributed by atoms with Crippen molar-refractivity contribution in [2.24, 2.45) is 0 Å². The molecule has 0 fully saturated rings. The number of benzene rings is 1. The highest BCUT2D eigenvalue weighted by Gasteiger charge is 2.09. The molecule has 5 nitrogen and oxygen atoms in total. The molecule has 0 bridgehead atoms. The van der Waals surface area contributed by atoms with Crippen molar-refractivity contribution in [3.05, 3.63) is 41.7 Å². The van der Waals surface area contributed by atoms with Gasteiger partial charge in [0.25, 0.3) is 5.78 Å². The zero-order chi connectivity index (χ0) is 11.8. The summed E-state index contributed by atoms with van der Waals surface area (Å²) in [5.41, 5.74) is 6.94. The summed E-state index contributed by atoms with van der Waals surface area (Å²) in [7, 11) is 0. The third-order valence-electron chi connectivity index (χ3n) is 2.33. The zero-order valence-electron chi connectivity index (χ0n) is 8.71.